The molecule has 1 aliphatic heterocycles. The second-order valence-electron chi connectivity index (χ2n) is 5.67. The molecule has 2 aromatic rings. The molecule has 0 bridgehead atoms. The Bertz CT molecular complexity index is 720. The SMILES string of the molecule is Cc1cccc([C@@H]2c3cccn3CCN2C(=O)CC(N)=O)c1. The number of benzene rings is 1. The molecule has 0 saturated carbocycles. The lowest BCUT2D eigenvalue weighted by atomic mass is 9.98. The molecule has 0 saturated heterocycles. The Labute approximate surface area is 129 Å². The van der Waals surface area contributed by atoms with E-state index in [1.807, 2.05) is 43.5 Å². The number of hydrogen-bond acceptors (Lipinski definition) is 2. The minimum Gasteiger partial charge on any atom is -0.369 e. The highest BCUT2D eigenvalue weighted by atomic mass is 16.2. The molecule has 0 radical (unpaired) electrons. The minimum absolute atomic E-state index is 0.171. The van der Waals surface area contributed by atoms with Gasteiger partial charge in [0, 0.05) is 25.0 Å². The van der Waals surface area contributed by atoms with Crippen molar-refractivity contribution in [3.8, 4) is 0 Å². The zero-order valence-electron chi connectivity index (χ0n) is 12.5. The second kappa shape index (κ2) is 5.67. The summed E-state index contributed by atoms with van der Waals surface area (Å²) in [6, 6.07) is 12.0. The Morgan fingerprint density at radius 1 is 1.23 bits per heavy atom. The van der Waals surface area contributed by atoms with Crippen LogP contribution in [0.4, 0.5) is 0 Å². The van der Waals surface area contributed by atoms with Gasteiger partial charge in [-0.15, -0.1) is 0 Å². The molecule has 1 atom stereocenters. The summed E-state index contributed by atoms with van der Waals surface area (Å²) < 4.78 is 2.15. The molecule has 1 aromatic carbocycles. The molecule has 22 heavy (non-hydrogen) atoms. The molecule has 114 valence electrons. The van der Waals surface area contributed by atoms with E-state index in [2.05, 4.69) is 10.6 Å². The molecule has 0 spiro atoms. The number of amides is 2. The van der Waals surface area contributed by atoms with E-state index in [9.17, 15) is 9.59 Å². The van der Waals surface area contributed by atoms with Gasteiger partial charge in [-0.25, -0.2) is 0 Å². The molecule has 2 N–H and O–H groups in total. The lowest BCUT2D eigenvalue weighted by Gasteiger charge is -2.37. The van der Waals surface area contributed by atoms with Crippen molar-refractivity contribution < 1.29 is 9.59 Å². The average Bonchev–Trinajstić information content (AvgIpc) is 2.93. The van der Waals surface area contributed by atoms with Crippen molar-refractivity contribution in [2.75, 3.05) is 6.54 Å². The number of rotatable bonds is 3. The zero-order valence-corrected chi connectivity index (χ0v) is 12.5. The van der Waals surface area contributed by atoms with E-state index in [0.29, 0.717) is 6.54 Å². The van der Waals surface area contributed by atoms with Crippen LogP contribution in [-0.4, -0.2) is 27.8 Å². The Kier molecular flexibility index (Phi) is 3.71. The Hall–Kier alpha value is -2.56. The molecular formula is C17H19N3O2. The topological polar surface area (TPSA) is 68.3 Å². The molecule has 2 heterocycles. The molecule has 1 aliphatic rings. The van der Waals surface area contributed by atoms with Gasteiger partial charge in [-0.05, 0) is 24.6 Å². The second-order valence-corrected chi connectivity index (χ2v) is 5.67. The summed E-state index contributed by atoms with van der Waals surface area (Å²) in [5, 5.41) is 0. The van der Waals surface area contributed by atoms with E-state index in [0.717, 1.165) is 23.4 Å². The van der Waals surface area contributed by atoms with Crippen molar-refractivity contribution in [2.24, 2.45) is 5.73 Å². The van der Waals surface area contributed by atoms with Gasteiger partial charge in [0.2, 0.25) is 11.8 Å². The van der Waals surface area contributed by atoms with E-state index in [1.165, 1.54) is 0 Å². The van der Waals surface area contributed by atoms with Crippen molar-refractivity contribution in [1.29, 1.82) is 0 Å². The van der Waals surface area contributed by atoms with Gasteiger partial charge in [0.25, 0.3) is 0 Å². The highest BCUT2D eigenvalue weighted by Crippen LogP contribution is 2.33. The fourth-order valence-electron chi connectivity index (χ4n) is 3.09. The Morgan fingerprint density at radius 2 is 2.05 bits per heavy atom. The first-order chi connectivity index (χ1) is 10.6. The lowest BCUT2D eigenvalue weighted by Crippen LogP contribution is -2.43. The van der Waals surface area contributed by atoms with Crippen molar-refractivity contribution in [2.45, 2.75) is 25.9 Å². The summed E-state index contributed by atoms with van der Waals surface area (Å²) in [7, 11) is 0. The van der Waals surface area contributed by atoms with Gasteiger partial charge in [-0.3, -0.25) is 9.59 Å². The van der Waals surface area contributed by atoms with Crippen molar-refractivity contribution >= 4 is 11.8 Å². The number of nitrogens with two attached hydrogens (primary N) is 1. The van der Waals surface area contributed by atoms with Crippen LogP contribution in [0.2, 0.25) is 0 Å². The number of carbonyl (C=O) groups excluding carboxylic acids is 2. The van der Waals surface area contributed by atoms with Gasteiger partial charge >= 0.3 is 0 Å². The quantitative estimate of drug-likeness (QED) is 0.874. The number of carbonyl (C=O) groups is 2. The maximum absolute atomic E-state index is 12.4. The number of fused-ring (bicyclic) bond motifs is 1. The normalized spacial score (nSPS) is 17.1. The van der Waals surface area contributed by atoms with Crippen LogP contribution in [0.1, 0.15) is 29.3 Å². The largest absolute Gasteiger partial charge is 0.369 e. The van der Waals surface area contributed by atoms with Crippen LogP contribution in [0.3, 0.4) is 0 Å². The van der Waals surface area contributed by atoms with Crippen LogP contribution in [0.25, 0.3) is 0 Å². The van der Waals surface area contributed by atoms with Crippen LogP contribution < -0.4 is 5.73 Å². The summed E-state index contributed by atoms with van der Waals surface area (Å²) in [5.74, 6) is -0.805. The summed E-state index contributed by atoms with van der Waals surface area (Å²) in [6.07, 6.45) is 1.77. The number of nitrogens with zero attached hydrogens (tertiary/aromatic N) is 2. The molecule has 0 fully saturated rings. The molecule has 3 rings (SSSR count). The van der Waals surface area contributed by atoms with E-state index < -0.39 is 5.91 Å². The lowest BCUT2D eigenvalue weighted by molar-refractivity contribution is -0.137. The Balaban J connectivity index is 2.03. The van der Waals surface area contributed by atoms with Gasteiger partial charge in [0.1, 0.15) is 6.42 Å². The fourth-order valence-corrected chi connectivity index (χ4v) is 3.09. The van der Waals surface area contributed by atoms with Gasteiger partial charge in [0.15, 0.2) is 0 Å². The molecule has 0 aliphatic carbocycles. The van der Waals surface area contributed by atoms with E-state index in [1.54, 1.807) is 4.90 Å². The van der Waals surface area contributed by atoms with Crippen LogP contribution in [0.15, 0.2) is 42.6 Å². The first kappa shape index (κ1) is 14.4. The smallest absolute Gasteiger partial charge is 0.232 e. The van der Waals surface area contributed by atoms with Crippen molar-refractivity contribution in [1.82, 2.24) is 9.47 Å². The minimum atomic E-state index is -0.589. The van der Waals surface area contributed by atoms with Gasteiger partial charge in [0.05, 0.1) is 6.04 Å². The zero-order chi connectivity index (χ0) is 15.7. The first-order valence-electron chi connectivity index (χ1n) is 7.35. The maximum atomic E-state index is 12.4. The van der Waals surface area contributed by atoms with Crippen LogP contribution in [0.5, 0.6) is 0 Å². The standard InChI is InChI=1S/C17H19N3O2/c1-12-4-2-5-13(10-12)17-14-6-3-7-19(14)8-9-20(17)16(22)11-15(18)21/h2-7,10,17H,8-9,11H2,1H3,(H2,18,21)/t17-/m1/s1. The molecular weight excluding hydrogens is 278 g/mol. The number of primary amides is 1. The average molecular weight is 297 g/mol. The summed E-state index contributed by atoms with van der Waals surface area (Å²) >= 11 is 0. The highest BCUT2D eigenvalue weighted by molar-refractivity contribution is 5.96. The maximum Gasteiger partial charge on any atom is 0.232 e. The molecule has 0 unspecified atom stereocenters. The summed E-state index contributed by atoms with van der Waals surface area (Å²) in [4.78, 5) is 25.3. The molecule has 5 nitrogen and oxygen atoms in total. The predicted octanol–water partition coefficient (Wildman–Crippen LogP) is 1.60. The van der Waals surface area contributed by atoms with Crippen LogP contribution >= 0.6 is 0 Å². The number of aryl methyl sites for hydroxylation is 1. The van der Waals surface area contributed by atoms with E-state index >= 15 is 0 Å². The van der Waals surface area contributed by atoms with Crippen molar-refractivity contribution in [3.05, 3.63) is 59.4 Å². The third-order valence-corrected chi connectivity index (χ3v) is 4.04. The third-order valence-electron chi connectivity index (χ3n) is 4.04. The van der Waals surface area contributed by atoms with Gasteiger partial charge < -0.3 is 15.2 Å². The first-order valence-corrected chi connectivity index (χ1v) is 7.35. The molecule has 1 aromatic heterocycles. The summed E-state index contributed by atoms with van der Waals surface area (Å²) in [5.41, 5.74) is 8.45. The number of hydrogen-bond donors (Lipinski definition) is 1. The molecule has 2 amide bonds. The highest BCUT2D eigenvalue weighted by Gasteiger charge is 2.32. The monoisotopic (exact) mass is 297 g/mol. The summed E-state index contributed by atoms with van der Waals surface area (Å²) in [6.45, 7) is 3.34. The number of aromatic nitrogens is 1. The van der Waals surface area contributed by atoms with Gasteiger partial charge in [-0.1, -0.05) is 29.8 Å². The third kappa shape index (κ3) is 2.62. The van der Waals surface area contributed by atoms with E-state index in [4.69, 9.17) is 5.73 Å². The Morgan fingerprint density at radius 3 is 2.77 bits per heavy atom. The van der Waals surface area contributed by atoms with Crippen LogP contribution in [0, 0.1) is 6.92 Å². The van der Waals surface area contributed by atoms with Gasteiger partial charge in [-0.2, -0.15) is 0 Å². The van der Waals surface area contributed by atoms with E-state index in [-0.39, 0.29) is 18.4 Å². The van der Waals surface area contributed by atoms with Crippen molar-refractivity contribution in [3.63, 3.8) is 0 Å². The van der Waals surface area contributed by atoms with Crippen LogP contribution in [-0.2, 0) is 16.1 Å². The predicted molar refractivity (Wildman–Crippen MR) is 83.0 cm³/mol. The fraction of sp³-hybridized carbons (Fsp3) is 0.294. The molecule has 5 heteroatoms.